The minimum atomic E-state index is 0.0405. The van der Waals surface area contributed by atoms with Crippen LogP contribution in [0.25, 0.3) is 0 Å². The average Bonchev–Trinajstić information content (AvgIpc) is 2.62. The number of carbonyl (C=O) groups excluding carboxylic acids is 1. The zero-order chi connectivity index (χ0) is 17.8. The summed E-state index contributed by atoms with van der Waals surface area (Å²) in [6, 6.07) is 11.6. The standard InChI is InChI=1S/C19H22BrN3O2/c1-22(2)16-8-10-23(11-9-16)19(24)14-6-7-18(21-13-14)25-17-5-3-4-15(20)12-17/h3-7,12-13,16H,8-11H2,1-2H3. The second kappa shape index (κ2) is 7.97. The molecule has 3 rings (SSSR count). The predicted molar refractivity (Wildman–Crippen MR) is 101 cm³/mol. The van der Waals surface area contributed by atoms with Gasteiger partial charge in [0.05, 0.1) is 5.56 Å². The molecule has 25 heavy (non-hydrogen) atoms. The van der Waals surface area contributed by atoms with Crippen LogP contribution in [0.5, 0.6) is 11.6 Å². The Morgan fingerprint density at radius 3 is 2.60 bits per heavy atom. The molecule has 1 fully saturated rings. The molecule has 0 spiro atoms. The molecule has 1 aromatic carbocycles. The zero-order valence-electron chi connectivity index (χ0n) is 14.5. The minimum absolute atomic E-state index is 0.0405. The zero-order valence-corrected chi connectivity index (χ0v) is 16.1. The number of carbonyl (C=O) groups is 1. The van der Waals surface area contributed by atoms with Gasteiger partial charge in [-0.1, -0.05) is 22.0 Å². The van der Waals surface area contributed by atoms with E-state index in [1.807, 2.05) is 29.2 Å². The van der Waals surface area contributed by atoms with E-state index in [0.29, 0.717) is 23.2 Å². The first kappa shape index (κ1) is 17.9. The van der Waals surface area contributed by atoms with Gasteiger partial charge < -0.3 is 14.5 Å². The molecule has 0 radical (unpaired) electrons. The van der Waals surface area contributed by atoms with Crippen molar-refractivity contribution in [1.29, 1.82) is 0 Å². The Morgan fingerprint density at radius 2 is 2.00 bits per heavy atom. The van der Waals surface area contributed by atoms with E-state index in [9.17, 15) is 4.79 Å². The number of rotatable bonds is 4. The Hall–Kier alpha value is -1.92. The lowest BCUT2D eigenvalue weighted by Crippen LogP contribution is -2.44. The van der Waals surface area contributed by atoms with Crippen molar-refractivity contribution in [1.82, 2.24) is 14.8 Å². The van der Waals surface area contributed by atoms with Crippen molar-refractivity contribution in [2.75, 3.05) is 27.2 Å². The summed E-state index contributed by atoms with van der Waals surface area (Å²) in [5.41, 5.74) is 0.602. The molecule has 1 amide bonds. The molecule has 132 valence electrons. The van der Waals surface area contributed by atoms with Crippen molar-refractivity contribution < 1.29 is 9.53 Å². The molecule has 1 aliphatic rings. The van der Waals surface area contributed by atoms with Crippen LogP contribution in [0.3, 0.4) is 0 Å². The van der Waals surface area contributed by atoms with Gasteiger partial charge in [-0.2, -0.15) is 0 Å². The fourth-order valence-corrected chi connectivity index (χ4v) is 3.36. The quantitative estimate of drug-likeness (QED) is 0.778. The topological polar surface area (TPSA) is 45.7 Å². The van der Waals surface area contributed by atoms with Gasteiger partial charge in [-0.05, 0) is 51.2 Å². The van der Waals surface area contributed by atoms with E-state index >= 15 is 0 Å². The maximum atomic E-state index is 12.6. The summed E-state index contributed by atoms with van der Waals surface area (Å²) in [5, 5.41) is 0. The van der Waals surface area contributed by atoms with Gasteiger partial charge in [-0.3, -0.25) is 4.79 Å². The highest BCUT2D eigenvalue weighted by Crippen LogP contribution is 2.23. The molecule has 6 heteroatoms. The number of hydrogen-bond donors (Lipinski definition) is 0. The van der Waals surface area contributed by atoms with Crippen LogP contribution in [-0.4, -0.2) is 53.9 Å². The van der Waals surface area contributed by atoms with E-state index in [4.69, 9.17) is 4.74 Å². The summed E-state index contributed by atoms with van der Waals surface area (Å²) in [7, 11) is 4.19. The average molecular weight is 404 g/mol. The van der Waals surface area contributed by atoms with Crippen LogP contribution in [0, 0.1) is 0 Å². The number of amides is 1. The summed E-state index contributed by atoms with van der Waals surface area (Å²) in [6.45, 7) is 1.58. The summed E-state index contributed by atoms with van der Waals surface area (Å²) in [4.78, 5) is 21.0. The number of piperidine rings is 1. The monoisotopic (exact) mass is 403 g/mol. The molecule has 0 atom stereocenters. The van der Waals surface area contributed by atoms with Crippen LogP contribution in [-0.2, 0) is 0 Å². The fourth-order valence-electron chi connectivity index (χ4n) is 2.99. The molecule has 5 nitrogen and oxygen atoms in total. The molecule has 1 saturated heterocycles. The summed E-state index contributed by atoms with van der Waals surface area (Å²) in [6.07, 6.45) is 3.61. The molecule has 1 aromatic heterocycles. The smallest absolute Gasteiger partial charge is 0.255 e. The van der Waals surface area contributed by atoms with Crippen molar-refractivity contribution in [3.8, 4) is 11.6 Å². The lowest BCUT2D eigenvalue weighted by molar-refractivity contribution is 0.0663. The van der Waals surface area contributed by atoms with Gasteiger partial charge >= 0.3 is 0 Å². The lowest BCUT2D eigenvalue weighted by atomic mass is 10.0. The molecule has 0 bridgehead atoms. The number of aromatic nitrogens is 1. The van der Waals surface area contributed by atoms with Gasteiger partial charge in [0.15, 0.2) is 0 Å². The Kier molecular flexibility index (Phi) is 5.71. The Balaban J connectivity index is 1.61. The van der Waals surface area contributed by atoms with Crippen LogP contribution in [0.2, 0.25) is 0 Å². The summed E-state index contributed by atoms with van der Waals surface area (Å²) >= 11 is 3.41. The highest BCUT2D eigenvalue weighted by Gasteiger charge is 2.24. The first-order chi connectivity index (χ1) is 12.0. The third kappa shape index (κ3) is 4.58. The Labute approximate surface area is 156 Å². The van der Waals surface area contributed by atoms with Crippen molar-refractivity contribution in [3.05, 3.63) is 52.6 Å². The molecule has 0 aliphatic carbocycles. The van der Waals surface area contributed by atoms with Crippen molar-refractivity contribution >= 4 is 21.8 Å². The number of likely N-dealkylation sites (tertiary alicyclic amines) is 1. The van der Waals surface area contributed by atoms with Gasteiger partial charge in [-0.25, -0.2) is 4.98 Å². The lowest BCUT2D eigenvalue weighted by Gasteiger charge is -2.35. The first-order valence-electron chi connectivity index (χ1n) is 8.38. The van der Waals surface area contributed by atoms with Crippen LogP contribution >= 0.6 is 15.9 Å². The number of ether oxygens (including phenoxy) is 1. The van der Waals surface area contributed by atoms with Crippen molar-refractivity contribution in [3.63, 3.8) is 0 Å². The molecule has 0 saturated carbocycles. The third-order valence-electron chi connectivity index (χ3n) is 4.48. The number of hydrogen-bond acceptors (Lipinski definition) is 4. The van der Waals surface area contributed by atoms with Gasteiger partial charge in [-0.15, -0.1) is 0 Å². The number of pyridine rings is 1. The van der Waals surface area contributed by atoms with Crippen LogP contribution in [0.1, 0.15) is 23.2 Å². The van der Waals surface area contributed by atoms with Crippen LogP contribution in [0.15, 0.2) is 47.1 Å². The van der Waals surface area contributed by atoms with E-state index in [2.05, 4.69) is 39.9 Å². The van der Waals surface area contributed by atoms with Gasteiger partial charge in [0.1, 0.15) is 5.75 Å². The number of halogens is 1. The second-order valence-corrected chi connectivity index (χ2v) is 7.35. The molecule has 2 aromatic rings. The van der Waals surface area contributed by atoms with Crippen molar-refractivity contribution in [2.24, 2.45) is 0 Å². The van der Waals surface area contributed by atoms with Crippen molar-refractivity contribution in [2.45, 2.75) is 18.9 Å². The largest absolute Gasteiger partial charge is 0.439 e. The van der Waals surface area contributed by atoms with E-state index < -0.39 is 0 Å². The maximum absolute atomic E-state index is 12.6. The summed E-state index contributed by atoms with van der Waals surface area (Å²) in [5.74, 6) is 1.21. The second-order valence-electron chi connectivity index (χ2n) is 6.43. The first-order valence-corrected chi connectivity index (χ1v) is 9.17. The Morgan fingerprint density at radius 1 is 1.24 bits per heavy atom. The molecule has 0 unspecified atom stereocenters. The fraction of sp³-hybridized carbons (Fsp3) is 0.368. The maximum Gasteiger partial charge on any atom is 0.255 e. The number of nitrogens with zero attached hydrogens (tertiary/aromatic N) is 3. The summed E-state index contributed by atoms with van der Waals surface area (Å²) < 4.78 is 6.65. The molecule has 1 aliphatic heterocycles. The van der Waals surface area contributed by atoms with Crippen LogP contribution in [0.4, 0.5) is 0 Å². The van der Waals surface area contributed by atoms with E-state index in [-0.39, 0.29) is 5.91 Å². The highest BCUT2D eigenvalue weighted by atomic mass is 79.9. The Bertz CT molecular complexity index is 726. The highest BCUT2D eigenvalue weighted by molar-refractivity contribution is 9.10. The molecule has 0 N–H and O–H groups in total. The van der Waals surface area contributed by atoms with E-state index in [1.165, 1.54) is 0 Å². The minimum Gasteiger partial charge on any atom is -0.439 e. The van der Waals surface area contributed by atoms with E-state index in [1.54, 1.807) is 18.3 Å². The molecular formula is C19H22BrN3O2. The van der Waals surface area contributed by atoms with Gasteiger partial charge in [0.25, 0.3) is 5.91 Å². The van der Waals surface area contributed by atoms with Gasteiger partial charge in [0, 0.05) is 35.9 Å². The normalized spacial score (nSPS) is 15.4. The number of benzene rings is 1. The van der Waals surface area contributed by atoms with Crippen LogP contribution < -0.4 is 4.74 Å². The van der Waals surface area contributed by atoms with Gasteiger partial charge in [0.2, 0.25) is 5.88 Å². The molecule has 2 heterocycles. The van der Waals surface area contributed by atoms with E-state index in [0.717, 1.165) is 30.4 Å². The third-order valence-corrected chi connectivity index (χ3v) is 4.98. The predicted octanol–water partition coefficient (Wildman–Crippen LogP) is 3.80. The SMILES string of the molecule is CN(C)C1CCN(C(=O)c2ccc(Oc3cccc(Br)c3)nc2)CC1. The molecular weight excluding hydrogens is 382 g/mol.